The SMILES string of the molecule is C/C(=N\Nc1cc(C)c2ccccc2n1)c1cc(Cl)ccc1O. The number of para-hydroxylation sites is 1. The van der Waals surface area contributed by atoms with Crippen LogP contribution in [0.4, 0.5) is 5.82 Å². The van der Waals surface area contributed by atoms with Gasteiger partial charge in [-0.3, -0.25) is 5.43 Å². The molecular weight excluding hydrogens is 310 g/mol. The van der Waals surface area contributed by atoms with E-state index in [1.54, 1.807) is 25.1 Å². The predicted molar refractivity (Wildman–Crippen MR) is 95.4 cm³/mol. The number of aryl methyl sites for hydroxylation is 1. The largest absolute Gasteiger partial charge is 0.507 e. The van der Waals surface area contributed by atoms with Crippen LogP contribution in [0.5, 0.6) is 5.75 Å². The molecule has 3 aromatic rings. The molecule has 2 N–H and O–H groups in total. The first-order valence-electron chi connectivity index (χ1n) is 7.20. The van der Waals surface area contributed by atoms with E-state index in [0.29, 0.717) is 22.1 Å². The number of halogens is 1. The third-order valence-electron chi connectivity index (χ3n) is 3.61. The summed E-state index contributed by atoms with van der Waals surface area (Å²) in [6.07, 6.45) is 0. The number of anilines is 1. The van der Waals surface area contributed by atoms with Crippen LogP contribution in [-0.2, 0) is 0 Å². The number of nitrogens with one attached hydrogen (secondary N) is 1. The van der Waals surface area contributed by atoms with Gasteiger partial charge in [-0.05, 0) is 49.7 Å². The minimum atomic E-state index is 0.139. The van der Waals surface area contributed by atoms with Crippen molar-refractivity contribution >= 4 is 34.0 Å². The molecule has 0 aliphatic carbocycles. The summed E-state index contributed by atoms with van der Waals surface area (Å²) in [7, 11) is 0. The Morgan fingerprint density at radius 1 is 1.17 bits per heavy atom. The molecule has 2 aromatic carbocycles. The van der Waals surface area contributed by atoms with Crippen molar-refractivity contribution in [1.82, 2.24) is 4.98 Å². The summed E-state index contributed by atoms with van der Waals surface area (Å²) in [6.45, 7) is 3.83. The van der Waals surface area contributed by atoms with Crippen LogP contribution >= 0.6 is 11.6 Å². The zero-order valence-electron chi connectivity index (χ0n) is 12.8. The molecule has 1 heterocycles. The Kier molecular flexibility index (Phi) is 4.17. The van der Waals surface area contributed by atoms with Gasteiger partial charge in [-0.1, -0.05) is 29.8 Å². The first kappa shape index (κ1) is 15.3. The van der Waals surface area contributed by atoms with Crippen LogP contribution in [0, 0.1) is 6.92 Å². The molecule has 5 heteroatoms. The van der Waals surface area contributed by atoms with E-state index in [1.807, 2.05) is 37.3 Å². The van der Waals surface area contributed by atoms with Gasteiger partial charge in [-0.2, -0.15) is 5.10 Å². The van der Waals surface area contributed by atoms with E-state index in [1.165, 1.54) is 0 Å². The third kappa shape index (κ3) is 3.27. The number of aromatic hydroxyl groups is 1. The summed E-state index contributed by atoms with van der Waals surface area (Å²) < 4.78 is 0. The van der Waals surface area contributed by atoms with Crippen LogP contribution in [0.2, 0.25) is 5.02 Å². The molecule has 0 fully saturated rings. The lowest BCUT2D eigenvalue weighted by Crippen LogP contribution is -2.02. The number of fused-ring (bicyclic) bond motifs is 1. The maximum Gasteiger partial charge on any atom is 0.147 e. The normalized spacial score (nSPS) is 11.7. The maximum atomic E-state index is 9.91. The first-order valence-corrected chi connectivity index (χ1v) is 7.58. The molecule has 4 nitrogen and oxygen atoms in total. The lowest BCUT2D eigenvalue weighted by molar-refractivity contribution is 0.474. The Hall–Kier alpha value is -2.59. The molecule has 0 radical (unpaired) electrons. The number of phenolic OH excluding ortho intramolecular Hbond substituents is 1. The van der Waals surface area contributed by atoms with Gasteiger partial charge >= 0.3 is 0 Å². The van der Waals surface area contributed by atoms with Crippen molar-refractivity contribution < 1.29 is 5.11 Å². The lowest BCUT2D eigenvalue weighted by atomic mass is 10.1. The molecular formula is C18H16ClN3O. The second kappa shape index (κ2) is 6.26. The average molecular weight is 326 g/mol. The smallest absolute Gasteiger partial charge is 0.147 e. The van der Waals surface area contributed by atoms with Crippen molar-refractivity contribution in [3.8, 4) is 5.75 Å². The minimum absolute atomic E-state index is 0.139. The quantitative estimate of drug-likeness (QED) is 0.540. The number of benzene rings is 2. The highest BCUT2D eigenvalue weighted by atomic mass is 35.5. The number of phenols is 1. The van der Waals surface area contributed by atoms with Gasteiger partial charge in [0.1, 0.15) is 11.6 Å². The summed E-state index contributed by atoms with van der Waals surface area (Å²) in [5.41, 5.74) is 6.19. The molecule has 0 amide bonds. The van der Waals surface area contributed by atoms with Gasteiger partial charge < -0.3 is 5.11 Å². The van der Waals surface area contributed by atoms with Crippen molar-refractivity contribution in [2.45, 2.75) is 13.8 Å². The highest BCUT2D eigenvalue weighted by Crippen LogP contribution is 2.23. The lowest BCUT2D eigenvalue weighted by Gasteiger charge is -2.08. The van der Waals surface area contributed by atoms with E-state index in [2.05, 4.69) is 15.5 Å². The molecule has 3 rings (SSSR count). The van der Waals surface area contributed by atoms with Crippen molar-refractivity contribution in [1.29, 1.82) is 0 Å². The van der Waals surface area contributed by atoms with Crippen LogP contribution in [0.15, 0.2) is 53.6 Å². The number of rotatable bonds is 3. The van der Waals surface area contributed by atoms with Gasteiger partial charge in [-0.15, -0.1) is 0 Å². The van der Waals surface area contributed by atoms with Crippen LogP contribution < -0.4 is 5.43 Å². The van der Waals surface area contributed by atoms with Crippen LogP contribution in [0.25, 0.3) is 10.9 Å². The Balaban J connectivity index is 1.91. The molecule has 0 saturated heterocycles. The van der Waals surface area contributed by atoms with Gasteiger partial charge in [-0.25, -0.2) is 4.98 Å². The van der Waals surface area contributed by atoms with Gasteiger partial charge in [0.05, 0.1) is 11.2 Å². The number of hydrazone groups is 1. The molecule has 0 bridgehead atoms. The molecule has 0 aliphatic heterocycles. The Labute approximate surface area is 139 Å². The standard InChI is InChI=1S/C18H16ClN3O/c1-11-9-18(20-16-6-4-3-5-14(11)16)22-21-12(2)15-10-13(19)7-8-17(15)23/h3-10,23H,1-2H3,(H,20,22)/b21-12+. The van der Waals surface area contributed by atoms with E-state index < -0.39 is 0 Å². The minimum Gasteiger partial charge on any atom is -0.507 e. The molecule has 0 unspecified atom stereocenters. The van der Waals surface area contributed by atoms with Crippen molar-refractivity contribution in [3.63, 3.8) is 0 Å². The van der Waals surface area contributed by atoms with Crippen LogP contribution in [-0.4, -0.2) is 15.8 Å². The van der Waals surface area contributed by atoms with E-state index in [9.17, 15) is 5.11 Å². The second-order valence-corrected chi connectivity index (χ2v) is 5.75. The number of hydrogen-bond acceptors (Lipinski definition) is 4. The van der Waals surface area contributed by atoms with Gasteiger partial charge in [0.15, 0.2) is 0 Å². The number of aromatic nitrogens is 1. The van der Waals surface area contributed by atoms with Crippen molar-refractivity contribution in [2.24, 2.45) is 5.10 Å². The molecule has 0 atom stereocenters. The zero-order chi connectivity index (χ0) is 16.4. The number of nitrogens with zero attached hydrogens (tertiary/aromatic N) is 2. The van der Waals surface area contributed by atoms with E-state index in [-0.39, 0.29) is 5.75 Å². The van der Waals surface area contributed by atoms with Gasteiger partial charge in [0.2, 0.25) is 0 Å². The van der Waals surface area contributed by atoms with Gasteiger partial charge in [0, 0.05) is 16.0 Å². The van der Waals surface area contributed by atoms with Crippen molar-refractivity contribution in [3.05, 3.63) is 64.7 Å². The summed E-state index contributed by atoms with van der Waals surface area (Å²) in [4.78, 5) is 4.53. The number of pyridine rings is 1. The molecule has 0 saturated carbocycles. The van der Waals surface area contributed by atoms with Crippen LogP contribution in [0.1, 0.15) is 18.1 Å². The summed E-state index contributed by atoms with van der Waals surface area (Å²) in [5.74, 6) is 0.794. The molecule has 0 aliphatic rings. The Morgan fingerprint density at radius 3 is 2.78 bits per heavy atom. The molecule has 0 spiro atoms. The fraction of sp³-hybridized carbons (Fsp3) is 0.111. The molecule has 1 aromatic heterocycles. The van der Waals surface area contributed by atoms with E-state index >= 15 is 0 Å². The number of hydrogen-bond donors (Lipinski definition) is 2. The van der Waals surface area contributed by atoms with E-state index in [0.717, 1.165) is 16.5 Å². The predicted octanol–water partition coefficient (Wildman–Crippen LogP) is 4.74. The zero-order valence-corrected chi connectivity index (χ0v) is 13.6. The highest BCUT2D eigenvalue weighted by molar-refractivity contribution is 6.31. The Morgan fingerprint density at radius 2 is 1.96 bits per heavy atom. The summed E-state index contributed by atoms with van der Waals surface area (Å²) in [6, 6.07) is 14.8. The summed E-state index contributed by atoms with van der Waals surface area (Å²) >= 11 is 5.97. The van der Waals surface area contributed by atoms with Crippen LogP contribution in [0.3, 0.4) is 0 Å². The monoisotopic (exact) mass is 325 g/mol. The Bertz CT molecular complexity index is 906. The fourth-order valence-corrected chi connectivity index (χ4v) is 2.58. The maximum absolute atomic E-state index is 9.91. The molecule has 23 heavy (non-hydrogen) atoms. The third-order valence-corrected chi connectivity index (χ3v) is 3.84. The second-order valence-electron chi connectivity index (χ2n) is 5.31. The highest BCUT2D eigenvalue weighted by Gasteiger charge is 2.06. The van der Waals surface area contributed by atoms with E-state index in [4.69, 9.17) is 11.6 Å². The van der Waals surface area contributed by atoms with Gasteiger partial charge in [0.25, 0.3) is 0 Å². The topological polar surface area (TPSA) is 57.5 Å². The first-order chi connectivity index (χ1) is 11.0. The summed E-state index contributed by atoms with van der Waals surface area (Å²) in [5, 5.41) is 15.9. The fourth-order valence-electron chi connectivity index (χ4n) is 2.41. The average Bonchev–Trinajstić information content (AvgIpc) is 2.55. The molecule has 116 valence electrons. The van der Waals surface area contributed by atoms with Crippen molar-refractivity contribution in [2.75, 3.05) is 5.43 Å².